The summed E-state index contributed by atoms with van der Waals surface area (Å²) in [4.78, 5) is 16.4. The number of allylic oxidation sites excluding steroid dienone is 1. The molecule has 0 saturated carbocycles. The number of nitrogens with zero attached hydrogens (tertiary/aromatic N) is 3. The molecular formula is C22H22FN5O. The second-order valence-electron chi connectivity index (χ2n) is 7.07. The lowest BCUT2D eigenvalue weighted by Crippen LogP contribution is -2.20. The number of aromatic nitrogens is 3. The lowest BCUT2D eigenvalue weighted by atomic mass is 10.0. The topological polar surface area (TPSA) is 71.8 Å². The number of carbonyl (C=O) groups is 1. The van der Waals surface area contributed by atoms with Crippen LogP contribution in [0.1, 0.15) is 42.5 Å². The molecule has 1 amide bonds. The summed E-state index contributed by atoms with van der Waals surface area (Å²) in [5, 5.41) is 10.5. The third kappa shape index (κ3) is 4.03. The zero-order chi connectivity index (χ0) is 20.4. The number of anilines is 2. The van der Waals surface area contributed by atoms with Crippen molar-refractivity contribution in [3.63, 3.8) is 0 Å². The minimum absolute atomic E-state index is 0.125. The number of benzene rings is 2. The molecule has 4 rings (SSSR count). The molecule has 3 aromatic rings. The van der Waals surface area contributed by atoms with Gasteiger partial charge in [-0.2, -0.15) is 4.98 Å². The van der Waals surface area contributed by atoms with Gasteiger partial charge in [0, 0.05) is 12.1 Å². The molecule has 29 heavy (non-hydrogen) atoms. The first-order chi connectivity index (χ1) is 14.0. The van der Waals surface area contributed by atoms with Gasteiger partial charge in [0.15, 0.2) is 0 Å². The smallest absolute Gasteiger partial charge is 0.250 e. The molecule has 1 aromatic heterocycles. The Morgan fingerprint density at radius 3 is 2.59 bits per heavy atom. The number of fused-ring (bicyclic) bond motifs is 1. The van der Waals surface area contributed by atoms with E-state index in [0.29, 0.717) is 12.4 Å². The van der Waals surface area contributed by atoms with Crippen LogP contribution in [0.25, 0.3) is 5.70 Å². The lowest BCUT2D eigenvalue weighted by molar-refractivity contribution is -0.116. The Kier molecular flexibility index (Phi) is 5.12. The number of aryl methyl sites for hydroxylation is 1. The van der Waals surface area contributed by atoms with Crippen molar-refractivity contribution < 1.29 is 9.18 Å². The summed E-state index contributed by atoms with van der Waals surface area (Å²) in [6, 6.07) is 14.2. The van der Waals surface area contributed by atoms with Crippen LogP contribution in [0, 0.1) is 12.7 Å². The normalized spacial score (nSPS) is 15.3. The van der Waals surface area contributed by atoms with Crippen molar-refractivity contribution in [3.8, 4) is 0 Å². The largest absolute Gasteiger partial charge is 0.324 e. The molecule has 0 spiro atoms. The number of carbonyl (C=O) groups excluding carboxylic acids is 1. The van der Waals surface area contributed by atoms with E-state index < -0.39 is 0 Å². The van der Waals surface area contributed by atoms with Crippen molar-refractivity contribution in [1.29, 1.82) is 0 Å². The van der Waals surface area contributed by atoms with E-state index in [4.69, 9.17) is 0 Å². The van der Waals surface area contributed by atoms with Crippen molar-refractivity contribution in [2.75, 3.05) is 10.6 Å². The van der Waals surface area contributed by atoms with Crippen LogP contribution in [0.15, 0.2) is 54.6 Å². The molecule has 0 saturated heterocycles. The van der Waals surface area contributed by atoms with Gasteiger partial charge in [-0.05, 0) is 42.7 Å². The van der Waals surface area contributed by atoms with Crippen molar-refractivity contribution in [2.45, 2.75) is 32.7 Å². The molecule has 6 nitrogen and oxygen atoms in total. The maximum absolute atomic E-state index is 13.4. The second kappa shape index (κ2) is 7.87. The number of rotatable bonds is 5. The van der Waals surface area contributed by atoms with Gasteiger partial charge in [-0.3, -0.25) is 10.1 Å². The van der Waals surface area contributed by atoms with Crippen LogP contribution in [0.3, 0.4) is 0 Å². The maximum Gasteiger partial charge on any atom is 0.250 e. The fraction of sp³-hybridized carbons (Fsp3) is 0.227. The first-order valence-corrected chi connectivity index (χ1v) is 9.61. The van der Waals surface area contributed by atoms with E-state index in [1.807, 2.05) is 44.2 Å². The summed E-state index contributed by atoms with van der Waals surface area (Å²) in [5.41, 5.74) is 3.93. The molecule has 0 aliphatic carbocycles. The van der Waals surface area contributed by atoms with Crippen molar-refractivity contribution >= 4 is 23.5 Å². The molecule has 0 bridgehead atoms. The highest BCUT2D eigenvalue weighted by Gasteiger charge is 2.25. The van der Waals surface area contributed by atoms with Gasteiger partial charge in [0.05, 0.1) is 0 Å². The molecule has 7 heteroatoms. The summed E-state index contributed by atoms with van der Waals surface area (Å²) >= 11 is 0. The fourth-order valence-corrected chi connectivity index (χ4v) is 3.26. The van der Waals surface area contributed by atoms with E-state index >= 15 is 0 Å². The molecular weight excluding hydrogens is 369 g/mol. The molecule has 148 valence electrons. The van der Waals surface area contributed by atoms with Gasteiger partial charge in [0.25, 0.3) is 5.95 Å². The van der Waals surface area contributed by atoms with Crippen LogP contribution in [-0.4, -0.2) is 20.7 Å². The average molecular weight is 391 g/mol. The van der Waals surface area contributed by atoms with E-state index in [1.54, 1.807) is 16.8 Å². The van der Waals surface area contributed by atoms with Crippen molar-refractivity contribution in [1.82, 2.24) is 14.8 Å². The Morgan fingerprint density at radius 1 is 1.17 bits per heavy atom. The molecule has 0 fully saturated rings. The van der Waals surface area contributed by atoms with Crippen molar-refractivity contribution in [2.24, 2.45) is 0 Å². The van der Waals surface area contributed by atoms with Gasteiger partial charge in [0.2, 0.25) is 11.9 Å². The van der Waals surface area contributed by atoms with Gasteiger partial charge in [-0.1, -0.05) is 48.9 Å². The van der Waals surface area contributed by atoms with Crippen LogP contribution < -0.4 is 10.6 Å². The monoisotopic (exact) mass is 391 g/mol. The van der Waals surface area contributed by atoms with Crippen LogP contribution in [0.2, 0.25) is 0 Å². The van der Waals surface area contributed by atoms with Crippen LogP contribution in [0.4, 0.5) is 16.3 Å². The van der Waals surface area contributed by atoms with Gasteiger partial charge in [-0.25, -0.2) is 9.07 Å². The molecule has 1 aliphatic heterocycles. The zero-order valence-electron chi connectivity index (χ0n) is 16.3. The minimum Gasteiger partial charge on any atom is -0.324 e. The third-order valence-corrected chi connectivity index (χ3v) is 4.77. The zero-order valence-corrected chi connectivity index (χ0v) is 16.3. The Hall–Kier alpha value is -3.48. The van der Waals surface area contributed by atoms with Crippen LogP contribution in [0.5, 0.6) is 0 Å². The first kappa shape index (κ1) is 18.9. The number of halogens is 1. The third-order valence-electron chi connectivity index (χ3n) is 4.77. The van der Waals surface area contributed by atoms with Gasteiger partial charge < -0.3 is 5.32 Å². The molecule has 1 atom stereocenters. The highest BCUT2D eigenvalue weighted by Crippen LogP contribution is 2.33. The average Bonchev–Trinajstić information content (AvgIpc) is 3.11. The predicted octanol–water partition coefficient (Wildman–Crippen LogP) is 4.52. The van der Waals surface area contributed by atoms with Gasteiger partial charge >= 0.3 is 0 Å². The highest BCUT2D eigenvalue weighted by atomic mass is 19.1. The van der Waals surface area contributed by atoms with E-state index in [2.05, 4.69) is 20.7 Å². The molecule has 2 aromatic carbocycles. The summed E-state index contributed by atoms with van der Waals surface area (Å²) in [6.07, 6.45) is 3.18. The number of amides is 1. The summed E-state index contributed by atoms with van der Waals surface area (Å²) < 4.78 is 15.1. The fourth-order valence-electron chi connectivity index (χ4n) is 3.26. The van der Waals surface area contributed by atoms with E-state index in [1.165, 1.54) is 17.7 Å². The van der Waals surface area contributed by atoms with Gasteiger partial charge in [-0.15, -0.1) is 5.10 Å². The van der Waals surface area contributed by atoms with Gasteiger partial charge in [0.1, 0.15) is 11.9 Å². The van der Waals surface area contributed by atoms with E-state index in [0.717, 1.165) is 23.2 Å². The summed E-state index contributed by atoms with van der Waals surface area (Å²) in [7, 11) is 0. The Labute approximate surface area is 168 Å². The van der Waals surface area contributed by atoms with E-state index in [9.17, 15) is 9.18 Å². The number of nitrogens with one attached hydrogen (secondary N) is 2. The second-order valence-corrected chi connectivity index (χ2v) is 7.07. The Bertz CT molecular complexity index is 1050. The number of hydrogen-bond donors (Lipinski definition) is 2. The quantitative estimate of drug-likeness (QED) is 0.671. The maximum atomic E-state index is 13.4. The molecule has 2 N–H and O–H groups in total. The lowest BCUT2D eigenvalue weighted by Gasteiger charge is -2.24. The standard InChI is InChI=1S/C22H22FN5O/c1-3-4-20(29)25-21-26-22-24-18(15-7-5-14(2)6-8-15)13-19(28(22)27-21)16-9-11-17(23)12-10-16/h5-13,19H,3-4H2,1-2H3,(H2,24,25,26,27,29)/t19-/m0/s1. The summed E-state index contributed by atoms with van der Waals surface area (Å²) in [5.74, 6) is 0.345. The molecule has 0 unspecified atom stereocenters. The van der Waals surface area contributed by atoms with Crippen LogP contribution in [-0.2, 0) is 4.79 Å². The molecule has 2 heterocycles. The molecule has 0 radical (unpaired) electrons. The Morgan fingerprint density at radius 2 is 1.90 bits per heavy atom. The Balaban J connectivity index is 1.73. The molecule has 1 aliphatic rings. The highest BCUT2D eigenvalue weighted by molar-refractivity contribution is 5.89. The van der Waals surface area contributed by atoms with Crippen LogP contribution >= 0.6 is 0 Å². The SMILES string of the molecule is CCCC(=O)Nc1nc2n(n1)[C@H](c1ccc(F)cc1)C=C(c1ccc(C)cc1)N2. The predicted molar refractivity (Wildman–Crippen MR) is 111 cm³/mol. The minimum atomic E-state index is -0.295. The summed E-state index contributed by atoms with van der Waals surface area (Å²) in [6.45, 7) is 3.98. The number of hydrogen-bond acceptors (Lipinski definition) is 4. The van der Waals surface area contributed by atoms with E-state index in [-0.39, 0.29) is 23.7 Å². The first-order valence-electron chi connectivity index (χ1n) is 9.61. The van der Waals surface area contributed by atoms with Crippen molar-refractivity contribution in [3.05, 3.63) is 77.1 Å².